The van der Waals surface area contributed by atoms with Gasteiger partial charge in [0, 0.05) is 27.6 Å². The molecule has 0 amide bonds. The molecule has 10 aromatic rings. The molecule has 0 saturated carbocycles. The van der Waals surface area contributed by atoms with Crippen molar-refractivity contribution in [2.24, 2.45) is 0 Å². The van der Waals surface area contributed by atoms with Gasteiger partial charge < -0.3 is 4.90 Å². The van der Waals surface area contributed by atoms with Crippen LogP contribution < -0.4 is 4.90 Å². The van der Waals surface area contributed by atoms with E-state index in [9.17, 15) is 0 Å². The smallest absolute Gasteiger partial charge is 0.0546 e. The van der Waals surface area contributed by atoms with Crippen LogP contribution in [0.1, 0.15) is 76.3 Å². The van der Waals surface area contributed by atoms with Gasteiger partial charge in [0.2, 0.25) is 0 Å². The molecule has 1 heteroatoms. The Hall–Kier alpha value is -7.74. The number of benzene rings is 10. The van der Waals surface area contributed by atoms with E-state index in [1.54, 1.807) is 0 Å². The van der Waals surface area contributed by atoms with Crippen molar-refractivity contribution in [3.05, 3.63) is 246 Å². The molecular formula is C68H57N. The number of anilines is 3. The first-order chi connectivity index (χ1) is 33.4. The molecule has 0 bridgehead atoms. The van der Waals surface area contributed by atoms with Crippen molar-refractivity contribution in [1.82, 2.24) is 0 Å². The maximum absolute atomic E-state index is 2.56. The van der Waals surface area contributed by atoms with Gasteiger partial charge in [-0.3, -0.25) is 0 Å². The largest absolute Gasteiger partial charge is 0.309 e. The highest BCUT2D eigenvalue weighted by molar-refractivity contribution is 6.10. The lowest BCUT2D eigenvalue weighted by molar-refractivity contribution is 0.590. The quantitative estimate of drug-likeness (QED) is 0.154. The van der Waals surface area contributed by atoms with E-state index in [2.05, 4.69) is 272 Å². The average molecular weight is 888 g/mol. The molecule has 2 aliphatic carbocycles. The molecule has 0 unspecified atom stereocenters. The first-order valence-corrected chi connectivity index (χ1v) is 24.6. The lowest BCUT2D eigenvalue weighted by atomic mass is 9.81. The molecule has 0 fully saturated rings. The fourth-order valence-corrected chi connectivity index (χ4v) is 11.8. The molecule has 0 saturated heterocycles. The highest BCUT2D eigenvalue weighted by Gasteiger charge is 2.38. The highest BCUT2D eigenvalue weighted by Crippen LogP contribution is 2.56. The van der Waals surface area contributed by atoms with E-state index in [1.807, 2.05) is 0 Å². The standard InChI is InChI=1S/C68H57N/c1-66(2,3)48-36-32-44(33-37-48)47-35-40-62(56(42-47)45-20-9-8-10-21-45)69(49-38-39-60-57(43-49)52-25-15-17-29-58(52)67(60,4)5)63-41-34-46-22-11-12-23-50(46)65(63)54-26-14-13-24-51(54)53-28-19-31-61-64(53)55-27-16-18-30-59(55)68(61,6)7/h8-43H,1-7H3. The summed E-state index contributed by atoms with van der Waals surface area (Å²) in [6, 6.07) is 82.2. The molecule has 69 heavy (non-hydrogen) atoms. The summed E-state index contributed by atoms with van der Waals surface area (Å²) in [5, 5.41) is 2.42. The Morgan fingerprint density at radius 3 is 1.65 bits per heavy atom. The Balaban J connectivity index is 1.16. The number of nitrogens with zero attached hydrogens (tertiary/aromatic N) is 1. The topological polar surface area (TPSA) is 3.24 Å². The summed E-state index contributed by atoms with van der Waals surface area (Å²) in [7, 11) is 0. The molecule has 0 aromatic heterocycles. The predicted octanol–water partition coefficient (Wildman–Crippen LogP) is 18.9. The number of hydrogen-bond donors (Lipinski definition) is 0. The third kappa shape index (κ3) is 6.81. The lowest BCUT2D eigenvalue weighted by Crippen LogP contribution is -2.16. The zero-order valence-electron chi connectivity index (χ0n) is 40.7. The fourth-order valence-electron chi connectivity index (χ4n) is 11.8. The first-order valence-electron chi connectivity index (χ1n) is 24.6. The molecule has 0 heterocycles. The minimum atomic E-state index is -0.120. The Kier molecular flexibility index (Phi) is 9.84. The van der Waals surface area contributed by atoms with Gasteiger partial charge in [0.1, 0.15) is 0 Å². The molecular weight excluding hydrogens is 831 g/mol. The van der Waals surface area contributed by atoms with Crippen LogP contribution in [0.5, 0.6) is 0 Å². The van der Waals surface area contributed by atoms with Crippen molar-refractivity contribution in [2.75, 3.05) is 4.90 Å². The van der Waals surface area contributed by atoms with Crippen LogP contribution in [-0.2, 0) is 16.2 Å². The fraction of sp³-hybridized carbons (Fsp3) is 0.147. The summed E-state index contributed by atoms with van der Waals surface area (Å²) in [6.45, 7) is 16.3. The van der Waals surface area contributed by atoms with E-state index >= 15 is 0 Å². The van der Waals surface area contributed by atoms with Crippen molar-refractivity contribution in [3.8, 4) is 66.8 Å². The van der Waals surface area contributed by atoms with Crippen LogP contribution in [0.2, 0.25) is 0 Å². The lowest BCUT2D eigenvalue weighted by Gasteiger charge is -2.32. The number of rotatable bonds is 7. The van der Waals surface area contributed by atoms with Crippen LogP contribution in [0.25, 0.3) is 77.5 Å². The van der Waals surface area contributed by atoms with Crippen LogP contribution in [0.4, 0.5) is 17.1 Å². The summed E-state index contributed by atoms with van der Waals surface area (Å²) in [4.78, 5) is 2.56. The molecule has 0 radical (unpaired) electrons. The van der Waals surface area contributed by atoms with E-state index in [1.165, 1.54) is 105 Å². The van der Waals surface area contributed by atoms with E-state index in [4.69, 9.17) is 0 Å². The van der Waals surface area contributed by atoms with E-state index in [0.29, 0.717) is 0 Å². The van der Waals surface area contributed by atoms with Gasteiger partial charge in [-0.15, -0.1) is 0 Å². The van der Waals surface area contributed by atoms with Crippen molar-refractivity contribution in [2.45, 2.75) is 64.7 Å². The number of fused-ring (bicyclic) bond motifs is 7. The Labute approximate surface area is 408 Å². The van der Waals surface area contributed by atoms with Crippen LogP contribution in [0.15, 0.2) is 218 Å². The van der Waals surface area contributed by atoms with Crippen LogP contribution in [0.3, 0.4) is 0 Å². The third-order valence-electron chi connectivity index (χ3n) is 15.5. The van der Waals surface area contributed by atoms with Gasteiger partial charge in [-0.1, -0.05) is 237 Å². The van der Waals surface area contributed by atoms with Gasteiger partial charge in [-0.2, -0.15) is 0 Å². The van der Waals surface area contributed by atoms with Crippen molar-refractivity contribution in [3.63, 3.8) is 0 Å². The molecule has 2 aliphatic rings. The maximum atomic E-state index is 2.56. The average Bonchev–Trinajstić information content (AvgIpc) is 3.75. The van der Waals surface area contributed by atoms with E-state index in [-0.39, 0.29) is 16.2 Å². The molecule has 0 N–H and O–H groups in total. The van der Waals surface area contributed by atoms with Gasteiger partial charge >= 0.3 is 0 Å². The van der Waals surface area contributed by atoms with Gasteiger partial charge in [0.25, 0.3) is 0 Å². The Bertz CT molecular complexity index is 3640. The summed E-state index contributed by atoms with van der Waals surface area (Å²) in [5.74, 6) is 0. The Morgan fingerprint density at radius 2 is 0.899 bits per heavy atom. The second-order valence-electron chi connectivity index (χ2n) is 21.3. The predicted molar refractivity (Wildman–Crippen MR) is 294 cm³/mol. The molecule has 0 atom stereocenters. The first kappa shape index (κ1) is 42.6. The van der Waals surface area contributed by atoms with Crippen molar-refractivity contribution >= 4 is 27.8 Å². The minimum absolute atomic E-state index is 0.0709. The van der Waals surface area contributed by atoms with Crippen LogP contribution in [0, 0.1) is 0 Å². The van der Waals surface area contributed by atoms with Crippen LogP contribution >= 0.6 is 0 Å². The summed E-state index contributed by atoms with van der Waals surface area (Å²) in [5.41, 5.74) is 24.9. The van der Waals surface area contributed by atoms with Crippen LogP contribution in [-0.4, -0.2) is 0 Å². The Morgan fingerprint density at radius 1 is 0.333 bits per heavy atom. The summed E-state index contributed by atoms with van der Waals surface area (Å²) in [6.07, 6.45) is 0. The molecule has 334 valence electrons. The number of hydrogen-bond acceptors (Lipinski definition) is 1. The van der Waals surface area contributed by atoms with E-state index in [0.717, 1.165) is 17.1 Å². The molecule has 1 nitrogen and oxygen atoms in total. The molecule has 10 aromatic carbocycles. The zero-order chi connectivity index (χ0) is 47.2. The monoisotopic (exact) mass is 887 g/mol. The van der Waals surface area contributed by atoms with Gasteiger partial charge in [0.15, 0.2) is 0 Å². The molecule has 0 aliphatic heterocycles. The van der Waals surface area contributed by atoms with Gasteiger partial charge in [-0.05, 0) is 130 Å². The minimum Gasteiger partial charge on any atom is -0.309 e. The van der Waals surface area contributed by atoms with E-state index < -0.39 is 0 Å². The molecule has 0 spiro atoms. The third-order valence-corrected chi connectivity index (χ3v) is 15.5. The summed E-state index contributed by atoms with van der Waals surface area (Å²) < 4.78 is 0. The summed E-state index contributed by atoms with van der Waals surface area (Å²) >= 11 is 0. The van der Waals surface area contributed by atoms with Crippen molar-refractivity contribution in [1.29, 1.82) is 0 Å². The second kappa shape index (κ2) is 15.9. The van der Waals surface area contributed by atoms with Gasteiger partial charge in [0.05, 0.1) is 11.4 Å². The zero-order valence-corrected chi connectivity index (χ0v) is 40.7. The maximum Gasteiger partial charge on any atom is 0.0546 e. The molecule has 12 rings (SSSR count). The van der Waals surface area contributed by atoms with Gasteiger partial charge in [-0.25, -0.2) is 0 Å². The normalized spacial score (nSPS) is 14.0. The second-order valence-corrected chi connectivity index (χ2v) is 21.3. The SMILES string of the molecule is CC(C)(C)c1ccc(-c2ccc(N(c3ccc4c(c3)-c3ccccc3C4(C)C)c3ccc4ccccc4c3-c3ccccc3-c3cccc4c3-c3ccccc3C4(C)C)c(-c3ccccc3)c2)cc1. The highest BCUT2D eigenvalue weighted by atomic mass is 15.1. The van der Waals surface area contributed by atoms with Crippen molar-refractivity contribution < 1.29 is 0 Å².